The largest absolute Gasteiger partial charge is 0.496 e. The van der Waals surface area contributed by atoms with Gasteiger partial charge in [0, 0.05) is 6.04 Å². The maximum atomic E-state index is 12.3. The van der Waals surface area contributed by atoms with Crippen molar-refractivity contribution >= 4 is 0 Å². The molecule has 0 spiro atoms. The summed E-state index contributed by atoms with van der Waals surface area (Å²) in [7, 11) is 3.39. The van der Waals surface area contributed by atoms with E-state index in [4.69, 9.17) is 9.47 Å². The normalized spacial score (nSPS) is 17.5. The van der Waals surface area contributed by atoms with Crippen molar-refractivity contribution in [2.75, 3.05) is 20.8 Å². The molecule has 2 N–H and O–H groups in total. The van der Waals surface area contributed by atoms with Gasteiger partial charge < -0.3 is 19.9 Å². The number of piperidine rings is 1. The van der Waals surface area contributed by atoms with Gasteiger partial charge in [-0.1, -0.05) is 6.42 Å². The number of aliphatic hydroxyl groups is 1. The zero-order valence-corrected chi connectivity index (χ0v) is 18.0. The van der Waals surface area contributed by atoms with E-state index in [1.165, 1.54) is 0 Å². The molecule has 1 heterocycles. The lowest BCUT2D eigenvalue weighted by atomic mass is 9.75. The van der Waals surface area contributed by atoms with Gasteiger partial charge in [0.15, 0.2) is 0 Å². The number of ether oxygens (including phenoxy) is 2. The zero-order valence-electron chi connectivity index (χ0n) is 18.0. The quantitative estimate of drug-likeness (QED) is 0.808. The van der Waals surface area contributed by atoms with Crippen LogP contribution in [-0.4, -0.2) is 31.9 Å². The van der Waals surface area contributed by atoms with Gasteiger partial charge >= 0.3 is 0 Å². The summed E-state index contributed by atoms with van der Waals surface area (Å²) in [6.45, 7) is 9.07. The number of benzene rings is 2. The minimum Gasteiger partial charge on any atom is -0.496 e. The molecule has 0 radical (unpaired) electrons. The lowest BCUT2D eigenvalue weighted by molar-refractivity contribution is 0.0265. The fourth-order valence-electron chi connectivity index (χ4n) is 4.76. The Labute approximate surface area is 168 Å². The minimum atomic E-state index is -1.12. The second kappa shape index (κ2) is 8.14. The molecule has 0 bridgehead atoms. The van der Waals surface area contributed by atoms with E-state index < -0.39 is 5.60 Å². The first-order valence-corrected chi connectivity index (χ1v) is 10.1. The van der Waals surface area contributed by atoms with Gasteiger partial charge in [0.05, 0.1) is 14.2 Å². The molecule has 1 fully saturated rings. The fraction of sp³-hybridized carbons (Fsp3) is 0.500. The first-order valence-electron chi connectivity index (χ1n) is 10.1. The van der Waals surface area contributed by atoms with Crippen molar-refractivity contribution < 1.29 is 14.6 Å². The van der Waals surface area contributed by atoms with Gasteiger partial charge in [0.2, 0.25) is 0 Å². The van der Waals surface area contributed by atoms with E-state index in [0.717, 1.165) is 70.7 Å². The number of hydrogen-bond donors (Lipinski definition) is 2. The van der Waals surface area contributed by atoms with E-state index in [1.807, 2.05) is 27.7 Å². The standard InChI is InChI=1S/C24H33NO3/c1-15-11-19(12-16(2)22(15)27-5)24(26,21-9-7-8-10-25-21)20-13-17(3)23(28-6)18(4)14-20/h11-14,21,25-26H,7-10H2,1-6H3/t21-/m0/s1. The lowest BCUT2D eigenvalue weighted by Gasteiger charge is -2.41. The SMILES string of the molecule is COc1c(C)cc(C(O)(c2cc(C)c(OC)c(C)c2)[C@@H]2CCCCN2)cc1C. The smallest absolute Gasteiger partial charge is 0.130 e. The Bertz CT molecular complexity index is 747. The van der Waals surface area contributed by atoms with Crippen LogP contribution in [0.15, 0.2) is 24.3 Å². The first-order chi connectivity index (χ1) is 13.3. The van der Waals surface area contributed by atoms with Crippen LogP contribution < -0.4 is 14.8 Å². The molecule has 28 heavy (non-hydrogen) atoms. The summed E-state index contributed by atoms with van der Waals surface area (Å²) in [5.41, 5.74) is 4.84. The molecule has 1 atom stereocenters. The highest BCUT2D eigenvalue weighted by Crippen LogP contribution is 2.41. The molecule has 1 saturated heterocycles. The molecule has 3 rings (SSSR count). The van der Waals surface area contributed by atoms with Crippen molar-refractivity contribution in [3.05, 3.63) is 57.6 Å². The summed E-state index contributed by atoms with van der Waals surface area (Å²) in [5.74, 6) is 1.76. The summed E-state index contributed by atoms with van der Waals surface area (Å²) in [6, 6.07) is 8.22. The van der Waals surface area contributed by atoms with Crippen molar-refractivity contribution in [3.63, 3.8) is 0 Å². The predicted molar refractivity (Wildman–Crippen MR) is 114 cm³/mol. The lowest BCUT2D eigenvalue weighted by Crippen LogP contribution is -2.51. The van der Waals surface area contributed by atoms with Crippen molar-refractivity contribution in [2.24, 2.45) is 0 Å². The molecule has 2 aromatic carbocycles. The van der Waals surface area contributed by atoms with Crippen LogP contribution in [0.25, 0.3) is 0 Å². The van der Waals surface area contributed by atoms with E-state index >= 15 is 0 Å². The molecule has 0 saturated carbocycles. The maximum absolute atomic E-state index is 12.3. The highest BCUT2D eigenvalue weighted by Gasteiger charge is 2.41. The average molecular weight is 384 g/mol. The summed E-state index contributed by atoms with van der Waals surface area (Å²) in [5, 5.41) is 15.8. The van der Waals surface area contributed by atoms with Crippen LogP contribution in [0.5, 0.6) is 11.5 Å². The summed E-state index contributed by atoms with van der Waals surface area (Å²) in [6.07, 6.45) is 3.20. The topological polar surface area (TPSA) is 50.7 Å². The first kappa shape index (κ1) is 20.7. The Kier molecular flexibility index (Phi) is 6.01. The monoisotopic (exact) mass is 383 g/mol. The molecule has 2 aromatic rings. The molecule has 152 valence electrons. The Morgan fingerprint density at radius 2 is 1.25 bits per heavy atom. The summed E-state index contributed by atoms with van der Waals surface area (Å²) in [4.78, 5) is 0. The molecule has 4 heteroatoms. The van der Waals surface area contributed by atoms with Crippen molar-refractivity contribution in [1.29, 1.82) is 0 Å². The molecule has 0 unspecified atom stereocenters. The minimum absolute atomic E-state index is 0.0411. The van der Waals surface area contributed by atoms with E-state index in [-0.39, 0.29) is 6.04 Å². The zero-order chi connectivity index (χ0) is 20.5. The molecule has 1 aliphatic rings. The fourth-order valence-corrected chi connectivity index (χ4v) is 4.76. The third kappa shape index (κ3) is 3.51. The number of hydrogen-bond acceptors (Lipinski definition) is 4. The van der Waals surface area contributed by atoms with E-state index in [9.17, 15) is 5.11 Å². The molecular formula is C24H33NO3. The highest BCUT2D eigenvalue weighted by molar-refractivity contribution is 5.52. The van der Waals surface area contributed by atoms with Crippen LogP contribution in [0, 0.1) is 27.7 Å². The Hall–Kier alpha value is -2.04. The van der Waals surface area contributed by atoms with Crippen LogP contribution >= 0.6 is 0 Å². The van der Waals surface area contributed by atoms with Gasteiger partial charge in [0.25, 0.3) is 0 Å². The van der Waals surface area contributed by atoms with E-state index in [2.05, 4.69) is 29.6 Å². The van der Waals surface area contributed by atoms with Gasteiger partial charge in [-0.15, -0.1) is 0 Å². The number of aryl methyl sites for hydroxylation is 4. The Morgan fingerprint density at radius 1 is 0.821 bits per heavy atom. The molecule has 0 amide bonds. The number of nitrogens with one attached hydrogen (secondary N) is 1. The third-order valence-corrected chi connectivity index (χ3v) is 6.02. The molecule has 1 aliphatic heterocycles. The van der Waals surface area contributed by atoms with Crippen LogP contribution in [-0.2, 0) is 5.60 Å². The number of rotatable bonds is 5. The van der Waals surface area contributed by atoms with Gasteiger partial charge in [-0.3, -0.25) is 0 Å². The summed E-state index contributed by atoms with van der Waals surface area (Å²) >= 11 is 0. The third-order valence-electron chi connectivity index (χ3n) is 6.02. The average Bonchev–Trinajstić information content (AvgIpc) is 2.67. The van der Waals surface area contributed by atoms with Crippen LogP contribution in [0.1, 0.15) is 52.6 Å². The van der Waals surface area contributed by atoms with Gasteiger partial charge in [-0.25, -0.2) is 0 Å². The number of methoxy groups -OCH3 is 2. The second-order valence-corrected chi connectivity index (χ2v) is 8.06. The van der Waals surface area contributed by atoms with Crippen molar-refractivity contribution in [3.8, 4) is 11.5 Å². The van der Waals surface area contributed by atoms with Gasteiger partial charge in [-0.05, 0) is 105 Å². The predicted octanol–water partition coefficient (Wildman–Crippen LogP) is 4.32. The van der Waals surface area contributed by atoms with Crippen molar-refractivity contribution in [1.82, 2.24) is 5.32 Å². The van der Waals surface area contributed by atoms with Gasteiger partial charge in [-0.2, -0.15) is 0 Å². The van der Waals surface area contributed by atoms with E-state index in [1.54, 1.807) is 14.2 Å². The van der Waals surface area contributed by atoms with Crippen molar-refractivity contribution in [2.45, 2.75) is 58.6 Å². The summed E-state index contributed by atoms with van der Waals surface area (Å²) < 4.78 is 11.1. The van der Waals surface area contributed by atoms with Crippen LogP contribution in [0.3, 0.4) is 0 Å². The van der Waals surface area contributed by atoms with Crippen LogP contribution in [0.2, 0.25) is 0 Å². The van der Waals surface area contributed by atoms with Crippen LogP contribution in [0.4, 0.5) is 0 Å². The highest BCUT2D eigenvalue weighted by atomic mass is 16.5. The molecule has 4 nitrogen and oxygen atoms in total. The Morgan fingerprint density at radius 3 is 1.57 bits per heavy atom. The second-order valence-electron chi connectivity index (χ2n) is 8.06. The molecular weight excluding hydrogens is 350 g/mol. The maximum Gasteiger partial charge on any atom is 0.130 e. The molecule has 0 aliphatic carbocycles. The Balaban J connectivity index is 2.22. The van der Waals surface area contributed by atoms with E-state index in [0.29, 0.717) is 0 Å². The molecule has 0 aromatic heterocycles. The van der Waals surface area contributed by atoms with Gasteiger partial charge in [0.1, 0.15) is 17.1 Å².